The van der Waals surface area contributed by atoms with Gasteiger partial charge in [-0.2, -0.15) is 5.10 Å². The van der Waals surface area contributed by atoms with Gasteiger partial charge in [-0.1, -0.05) is 23.2 Å². The van der Waals surface area contributed by atoms with Crippen molar-refractivity contribution < 1.29 is 4.74 Å². The molecule has 2 heterocycles. The third-order valence-corrected chi connectivity index (χ3v) is 4.82. The molecule has 96 valence electrons. The summed E-state index contributed by atoms with van der Waals surface area (Å²) >= 11 is 15.8. The van der Waals surface area contributed by atoms with E-state index in [1.54, 1.807) is 12.3 Å². The molecule has 0 amide bonds. The topological polar surface area (TPSA) is 27.1 Å². The van der Waals surface area contributed by atoms with E-state index < -0.39 is 0 Å². The summed E-state index contributed by atoms with van der Waals surface area (Å²) in [4.78, 5) is 0. The normalized spacial score (nSPS) is 20.5. The first-order valence-electron chi connectivity index (χ1n) is 5.81. The van der Waals surface area contributed by atoms with Gasteiger partial charge in [-0.25, -0.2) is 4.68 Å². The summed E-state index contributed by atoms with van der Waals surface area (Å²) in [6, 6.07) is 1.73. The average molecular weight is 350 g/mol. The van der Waals surface area contributed by atoms with Gasteiger partial charge in [0, 0.05) is 16.5 Å². The van der Waals surface area contributed by atoms with E-state index in [2.05, 4.69) is 21.0 Å². The Bertz CT molecular complexity index is 593. The van der Waals surface area contributed by atoms with Gasteiger partial charge in [-0.05, 0) is 41.3 Å². The number of hydrogen-bond acceptors (Lipinski definition) is 2. The summed E-state index contributed by atoms with van der Waals surface area (Å²) in [5, 5.41) is 6.51. The van der Waals surface area contributed by atoms with Gasteiger partial charge in [-0.15, -0.1) is 0 Å². The number of nitrogens with zero attached hydrogens (tertiary/aromatic N) is 2. The molecule has 1 unspecified atom stereocenters. The molecule has 6 heteroatoms. The Hall–Kier alpha value is -0.290. The maximum absolute atomic E-state index is 6.28. The van der Waals surface area contributed by atoms with Gasteiger partial charge >= 0.3 is 0 Å². The molecule has 1 fully saturated rings. The van der Waals surface area contributed by atoms with Gasteiger partial charge in [0.15, 0.2) is 6.23 Å². The molecule has 2 aromatic rings. The second kappa shape index (κ2) is 5.00. The summed E-state index contributed by atoms with van der Waals surface area (Å²) < 4.78 is 8.43. The van der Waals surface area contributed by atoms with Crippen LogP contribution in [0.4, 0.5) is 0 Å². The third-order valence-electron chi connectivity index (χ3n) is 3.15. The van der Waals surface area contributed by atoms with E-state index >= 15 is 0 Å². The smallest absolute Gasteiger partial charge is 0.150 e. The van der Waals surface area contributed by atoms with Gasteiger partial charge in [0.25, 0.3) is 0 Å². The van der Waals surface area contributed by atoms with Crippen molar-refractivity contribution in [3.63, 3.8) is 0 Å². The van der Waals surface area contributed by atoms with Crippen molar-refractivity contribution in [2.24, 2.45) is 0 Å². The van der Waals surface area contributed by atoms with Gasteiger partial charge in [-0.3, -0.25) is 0 Å². The average Bonchev–Trinajstić information content (AvgIpc) is 2.82. The molecule has 1 atom stereocenters. The lowest BCUT2D eigenvalue weighted by atomic mass is 10.2. The quantitative estimate of drug-likeness (QED) is 0.691. The number of aromatic nitrogens is 2. The Labute approximate surface area is 123 Å². The highest BCUT2D eigenvalue weighted by atomic mass is 79.9. The zero-order chi connectivity index (χ0) is 12.7. The van der Waals surface area contributed by atoms with Gasteiger partial charge in [0.2, 0.25) is 0 Å². The van der Waals surface area contributed by atoms with Gasteiger partial charge in [0.05, 0.1) is 21.8 Å². The second-order valence-electron chi connectivity index (χ2n) is 4.33. The molecule has 0 radical (unpaired) electrons. The largest absolute Gasteiger partial charge is 0.356 e. The van der Waals surface area contributed by atoms with Crippen molar-refractivity contribution in [2.45, 2.75) is 25.5 Å². The van der Waals surface area contributed by atoms with E-state index in [1.165, 1.54) is 0 Å². The Balaban J connectivity index is 2.16. The molecule has 3 nitrogen and oxygen atoms in total. The molecule has 0 saturated carbocycles. The maximum atomic E-state index is 6.28. The van der Waals surface area contributed by atoms with Crippen molar-refractivity contribution in [1.29, 1.82) is 0 Å². The van der Waals surface area contributed by atoms with Crippen LogP contribution in [-0.4, -0.2) is 16.4 Å². The van der Waals surface area contributed by atoms with Crippen LogP contribution >= 0.6 is 39.1 Å². The molecular formula is C12H11BrCl2N2O. The third kappa shape index (κ3) is 2.05. The summed E-state index contributed by atoms with van der Waals surface area (Å²) in [7, 11) is 0. The zero-order valence-corrected chi connectivity index (χ0v) is 12.6. The molecule has 1 aromatic heterocycles. The fourth-order valence-corrected chi connectivity index (χ4v) is 3.24. The van der Waals surface area contributed by atoms with E-state index in [9.17, 15) is 0 Å². The van der Waals surface area contributed by atoms with Crippen molar-refractivity contribution in [3.8, 4) is 0 Å². The minimum absolute atomic E-state index is 0.0261. The van der Waals surface area contributed by atoms with E-state index in [4.69, 9.17) is 27.9 Å². The Morgan fingerprint density at radius 2 is 2.17 bits per heavy atom. The first kappa shape index (κ1) is 12.7. The minimum Gasteiger partial charge on any atom is -0.356 e. The highest BCUT2D eigenvalue weighted by Crippen LogP contribution is 2.38. The maximum Gasteiger partial charge on any atom is 0.150 e. The van der Waals surface area contributed by atoms with Gasteiger partial charge < -0.3 is 4.74 Å². The molecular weight excluding hydrogens is 339 g/mol. The molecule has 18 heavy (non-hydrogen) atoms. The lowest BCUT2D eigenvalue weighted by Gasteiger charge is -2.23. The van der Waals surface area contributed by atoms with E-state index in [1.807, 2.05) is 4.68 Å². The van der Waals surface area contributed by atoms with Crippen molar-refractivity contribution >= 4 is 50.0 Å². The number of benzene rings is 1. The highest BCUT2D eigenvalue weighted by Gasteiger charge is 2.21. The van der Waals surface area contributed by atoms with E-state index in [0.29, 0.717) is 10.0 Å². The number of halogens is 3. The lowest BCUT2D eigenvalue weighted by molar-refractivity contribution is -0.0366. The lowest BCUT2D eigenvalue weighted by Crippen LogP contribution is -2.19. The molecule has 0 aliphatic carbocycles. The molecule has 1 aliphatic rings. The molecule has 3 rings (SSSR count). The number of fused-ring (bicyclic) bond motifs is 1. The monoisotopic (exact) mass is 348 g/mol. The van der Waals surface area contributed by atoms with Crippen LogP contribution in [0.2, 0.25) is 10.0 Å². The predicted molar refractivity (Wildman–Crippen MR) is 76.3 cm³/mol. The van der Waals surface area contributed by atoms with Crippen LogP contribution in [0.3, 0.4) is 0 Å². The van der Waals surface area contributed by atoms with Crippen molar-refractivity contribution in [3.05, 3.63) is 26.8 Å². The van der Waals surface area contributed by atoms with Crippen LogP contribution in [0.5, 0.6) is 0 Å². The highest BCUT2D eigenvalue weighted by molar-refractivity contribution is 9.10. The Kier molecular flexibility index (Phi) is 3.54. The van der Waals surface area contributed by atoms with Crippen LogP contribution in [0.25, 0.3) is 10.9 Å². The molecule has 0 N–H and O–H groups in total. The molecule has 1 aromatic carbocycles. The molecule has 0 spiro atoms. The number of ether oxygens (including phenoxy) is 1. The summed E-state index contributed by atoms with van der Waals surface area (Å²) in [5.74, 6) is 0. The summed E-state index contributed by atoms with van der Waals surface area (Å²) in [6.07, 6.45) is 4.97. The second-order valence-corrected chi connectivity index (χ2v) is 5.93. The van der Waals surface area contributed by atoms with Crippen molar-refractivity contribution in [2.75, 3.05) is 6.61 Å². The zero-order valence-electron chi connectivity index (χ0n) is 9.50. The van der Waals surface area contributed by atoms with Crippen LogP contribution in [-0.2, 0) is 4.74 Å². The Morgan fingerprint density at radius 3 is 2.89 bits per heavy atom. The van der Waals surface area contributed by atoms with Crippen LogP contribution in [0.1, 0.15) is 25.5 Å². The van der Waals surface area contributed by atoms with E-state index in [-0.39, 0.29) is 6.23 Å². The fraction of sp³-hybridized carbons (Fsp3) is 0.417. The van der Waals surface area contributed by atoms with Crippen molar-refractivity contribution in [1.82, 2.24) is 9.78 Å². The van der Waals surface area contributed by atoms with E-state index in [0.717, 1.165) is 41.2 Å². The molecule has 1 saturated heterocycles. The fourth-order valence-electron chi connectivity index (χ4n) is 2.27. The number of rotatable bonds is 1. The van der Waals surface area contributed by atoms with Crippen LogP contribution in [0, 0.1) is 0 Å². The van der Waals surface area contributed by atoms with Gasteiger partial charge in [0.1, 0.15) is 0 Å². The first-order valence-corrected chi connectivity index (χ1v) is 7.35. The SMILES string of the molecule is Clc1cc(Cl)c2c(cnn2C2CCCCO2)c1Br. The molecule has 0 bridgehead atoms. The Morgan fingerprint density at radius 1 is 1.33 bits per heavy atom. The summed E-state index contributed by atoms with van der Waals surface area (Å²) in [6.45, 7) is 0.776. The predicted octanol–water partition coefficient (Wildman–Crippen LogP) is 4.80. The summed E-state index contributed by atoms with van der Waals surface area (Å²) in [5.41, 5.74) is 0.875. The van der Waals surface area contributed by atoms with Crippen LogP contribution in [0.15, 0.2) is 16.7 Å². The van der Waals surface area contributed by atoms with Crippen LogP contribution < -0.4 is 0 Å². The minimum atomic E-state index is -0.0261. The standard InChI is InChI=1S/C12H11BrCl2N2O/c13-11-7-6-16-17(10-3-1-2-4-18-10)12(7)9(15)5-8(11)14/h5-6,10H,1-4H2. The number of hydrogen-bond donors (Lipinski definition) is 0. The first-order chi connectivity index (χ1) is 8.68. The molecule has 1 aliphatic heterocycles.